The molecule has 16 heavy (non-hydrogen) atoms. The molecule has 0 aliphatic heterocycles. The van der Waals surface area contributed by atoms with E-state index in [2.05, 4.69) is 15.0 Å². The van der Waals surface area contributed by atoms with Crippen LogP contribution in [0, 0.1) is 5.82 Å². The Morgan fingerprint density at radius 3 is 2.88 bits per heavy atom. The van der Waals surface area contributed by atoms with Crippen LogP contribution in [0.5, 0.6) is 0 Å². The predicted molar refractivity (Wildman–Crippen MR) is 52.2 cm³/mol. The first-order valence-electron chi connectivity index (χ1n) is 4.34. The highest BCUT2D eigenvalue weighted by molar-refractivity contribution is 5.85. The molecular formula is C10H6FN3O2. The molecule has 0 amide bonds. The van der Waals surface area contributed by atoms with Gasteiger partial charge in [-0.25, -0.2) is 19.2 Å². The third kappa shape index (κ3) is 2.00. The Hall–Kier alpha value is -2.37. The van der Waals surface area contributed by atoms with Crippen LogP contribution in [0.25, 0.3) is 11.4 Å². The fourth-order valence-corrected chi connectivity index (χ4v) is 1.15. The summed E-state index contributed by atoms with van der Waals surface area (Å²) in [5.41, 5.74) is 0.192. The smallest absolute Gasteiger partial charge is 0.354 e. The molecule has 2 rings (SSSR count). The molecule has 0 spiro atoms. The second-order valence-electron chi connectivity index (χ2n) is 2.96. The Balaban J connectivity index is 2.48. The summed E-state index contributed by atoms with van der Waals surface area (Å²) in [6.45, 7) is 0. The van der Waals surface area contributed by atoms with Gasteiger partial charge in [0.05, 0.1) is 6.20 Å². The number of hydrogen-bond donors (Lipinski definition) is 1. The summed E-state index contributed by atoms with van der Waals surface area (Å²) >= 11 is 0. The summed E-state index contributed by atoms with van der Waals surface area (Å²) in [5.74, 6) is -1.55. The van der Waals surface area contributed by atoms with Gasteiger partial charge in [0.15, 0.2) is 11.5 Å². The lowest BCUT2D eigenvalue weighted by atomic mass is 10.2. The third-order valence-corrected chi connectivity index (χ3v) is 1.84. The lowest BCUT2D eigenvalue weighted by molar-refractivity contribution is 0.0690. The van der Waals surface area contributed by atoms with Crippen molar-refractivity contribution in [3.8, 4) is 11.4 Å². The first-order valence-corrected chi connectivity index (χ1v) is 4.34. The van der Waals surface area contributed by atoms with Gasteiger partial charge in [0.2, 0.25) is 0 Å². The number of pyridine rings is 1. The Morgan fingerprint density at radius 1 is 1.38 bits per heavy atom. The van der Waals surface area contributed by atoms with Crippen molar-refractivity contribution in [2.45, 2.75) is 0 Å². The van der Waals surface area contributed by atoms with E-state index in [1.54, 1.807) is 0 Å². The van der Waals surface area contributed by atoms with Crippen molar-refractivity contribution in [2.75, 3.05) is 0 Å². The second-order valence-corrected chi connectivity index (χ2v) is 2.96. The molecule has 6 heteroatoms. The van der Waals surface area contributed by atoms with Crippen molar-refractivity contribution < 1.29 is 14.3 Å². The van der Waals surface area contributed by atoms with Gasteiger partial charge in [-0.3, -0.25) is 4.98 Å². The molecule has 80 valence electrons. The van der Waals surface area contributed by atoms with E-state index in [4.69, 9.17) is 5.11 Å². The molecule has 0 saturated heterocycles. The maximum absolute atomic E-state index is 12.9. The van der Waals surface area contributed by atoms with Crippen molar-refractivity contribution in [3.63, 3.8) is 0 Å². The summed E-state index contributed by atoms with van der Waals surface area (Å²) in [4.78, 5) is 21.9. The Labute approximate surface area is 89.6 Å². The highest BCUT2D eigenvalue weighted by Crippen LogP contribution is 2.14. The number of nitrogens with zero attached hydrogens (tertiary/aromatic N) is 3. The minimum atomic E-state index is -1.16. The lowest BCUT2D eigenvalue weighted by Gasteiger charge is -2.00. The van der Waals surface area contributed by atoms with E-state index >= 15 is 0 Å². The van der Waals surface area contributed by atoms with Crippen LogP contribution in [-0.4, -0.2) is 26.0 Å². The minimum absolute atomic E-state index is 0.131. The first-order chi connectivity index (χ1) is 7.66. The largest absolute Gasteiger partial charge is 0.477 e. The topological polar surface area (TPSA) is 76.0 Å². The van der Waals surface area contributed by atoms with Crippen molar-refractivity contribution in [3.05, 3.63) is 42.2 Å². The van der Waals surface area contributed by atoms with Gasteiger partial charge in [-0.2, -0.15) is 0 Å². The number of carbonyl (C=O) groups is 1. The summed E-state index contributed by atoms with van der Waals surface area (Å²) in [6, 6.07) is 2.45. The minimum Gasteiger partial charge on any atom is -0.477 e. The van der Waals surface area contributed by atoms with E-state index in [0.717, 1.165) is 6.20 Å². The average Bonchev–Trinajstić information content (AvgIpc) is 2.29. The van der Waals surface area contributed by atoms with Gasteiger partial charge >= 0.3 is 5.97 Å². The predicted octanol–water partition coefficient (Wildman–Crippen LogP) is 1.38. The SMILES string of the molecule is O=C(O)c1ccnc(-c2cncc(F)c2)n1. The molecule has 2 aromatic rings. The zero-order valence-corrected chi connectivity index (χ0v) is 7.96. The lowest BCUT2D eigenvalue weighted by Crippen LogP contribution is -2.02. The van der Waals surface area contributed by atoms with Gasteiger partial charge in [0.1, 0.15) is 5.82 Å². The Kier molecular flexibility index (Phi) is 2.55. The van der Waals surface area contributed by atoms with Crippen LogP contribution in [0.4, 0.5) is 4.39 Å². The second kappa shape index (κ2) is 4.01. The van der Waals surface area contributed by atoms with E-state index < -0.39 is 11.8 Å². The van der Waals surface area contributed by atoms with E-state index in [0.29, 0.717) is 5.56 Å². The van der Waals surface area contributed by atoms with Gasteiger partial charge in [-0.05, 0) is 12.1 Å². The van der Waals surface area contributed by atoms with Gasteiger partial charge in [-0.15, -0.1) is 0 Å². The zero-order valence-electron chi connectivity index (χ0n) is 7.96. The molecule has 0 aromatic carbocycles. The molecule has 2 heterocycles. The molecule has 0 unspecified atom stereocenters. The highest BCUT2D eigenvalue weighted by Gasteiger charge is 2.08. The number of rotatable bonds is 2. The molecule has 0 aliphatic carbocycles. The number of carboxylic acid groups (broad SMARTS) is 1. The van der Waals surface area contributed by atoms with E-state index in [9.17, 15) is 9.18 Å². The molecule has 0 radical (unpaired) electrons. The number of halogens is 1. The fraction of sp³-hybridized carbons (Fsp3) is 0. The third-order valence-electron chi connectivity index (χ3n) is 1.84. The number of aromatic nitrogens is 3. The van der Waals surface area contributed by atoms with E-state index in [1.165, 1.54) is 24.5 Å². The molecule has 1 N–H and O–H groups in total. The Morgan fingerprint density at radius 2 is 2.19 bits per heavy atom. The zero-order chi connectivity index (χ0) is 11.5. The van der Waals surface area contributed by atoms with Gasteiger partial charge in [-0.1, -0.05) is 0 Å². The molecule has 0 bridgehead atoms. The number of hydrogen-bond acceptors (Lipinski definition) is 4. The number of aromatic carboxylic acids is 1. The summed E-state index contributed by atoms with van der Waals surface area (Å²) in [7, 11) is 0. The maximum atomic E-state index is 12.9. The van der Waals surface area contributed by atoms with Gasteiger partial charge in [0.25, 0.3) is 0 Å². The monoisotopic (exact) mass is 219 g/mol. The summed E-state index contributed by atoms with van der Waals surface area (Å²) in [6.07, 6.45) is 3.71. The fourth-order valence-electron chi connectivity index (χ4n) is 1.15. The summed E-state index contributed by atoms with van der Waals surface area (Å²) < 4.78 is 12.9. The molecule has 0 atom stereocenters. The van der Waals surface area contributed by atoms with Crippen LogP contribution >= 0.6 is 0 Å². The van der Waals surface area contributed by atoms with Crippen molar-refractivity contribution in [1.82, 2.24) is 15.0 Å². The standard InChI is InChI=1S/C10H6FN3O2/c11-7-3-6(4-12-5-7)9-13-2-1-8(14-9)10(15)16/h1-5H,(H,15,16). The molecule has 0 saturated carbocycles. The van der Waals surface area contributed by atoms with E-state index in [-0.39, 0.29) is 11.5 Å². The molecular weight excluding hydrogens is 213 g/mol. The molecule has 0 fully saturated rings. The Bertz CT molecular complexity index is 545. The van der Waals surface area contributed by atoms with Gasteiger partial charge in [0, 0.05) is 18.0 Å². The summed E-state index contributed by atoms with van der Waals surface area (Å²) in [5, 5.41) is 8.73. The average molecular weight is 219 g/mol. The first kappa shape index (κ1) is 10.2. The van der Waals surface area contributed by atoms with Crippen molar-refractivity contribution in [1.29, 1.82) is 0 Å². The van der Waals surface area contributed by atoms with Crippen molar-refractivity contribution in [2.24, 2.45) is 0 Å². The normalized spacial score (nSPS) is 10.1. The van der Waals surface area contributed by atoms with Crippen LogP contribution in [0.3, 0.4) is 0 Å². The number of carboxylic acids is 1. The maximum Gasteiger partial charge on any atom is 0.354 e. The van der Waals surface area contributed by atoms with Crippen LogP contribution in [-0.2, 0) is 0 Å². The molecule has 5 nitrogen and oxygen atoms in total. The van der Waals surface area contributed by atoms with Crippen LogP contribution in [0.15, 0.2) is 30.7 Å². The van der Waals surface area contributed by atoms with Crippen molar-refractivity contribution >= 4 is 5.97 Å². The molecule has 2 aromatic heterocycles. The van der Waals surface area contributed by atoms with Gasteiger partial charge < -0.3 is 5.11 Å². The van der Waals surface area contributed by atoms with Crippen LogP contribution in [0.1, 0.15) is 10.5 Å². The highest BCUT2D eigenvalue weighted by atomic mass is 19.1. The van der Waals surface area contributed by atoms with Crippen LogP contribution in [0.2, 0.25) is 0 Å². The van der Waals surface area contributed by atoms with E-state index in [1.807, 2.05) is 0 Å². The van der Waals surface area contributed by atoms with Crippen LogP contribution < -0.4 is 0 Å². The quantitative estimate of drug-likeness (QED) is 0.825. The molecule has 0 aliphatic rings.